The average molecular weight is 268 g/mol. The zero-order valence-electron chi connectivity index (χ0n) is 10.7. The molecule has 0 bridgehead atoms. The summed E-state index contributed by atoms with van der Waals surface area (Å²) in [5, 5.41) is 0.226. The highest BCUT2D eigenvalue weighted by atomic mass is 35.5. The number of nitrogen functional groups attached to an aromatic ring is 1. The Morgan fingerprint density at radius 1 is 1.61 bits per heavy atom. The number of carbonyl (C=O) groups is 1. The molecule has 18 heavy (non-hydrogen) atoms. The summed E-state index contributed by atoms with van der Waals surface area (Å²) in [5.74, 6) is 0.373. The summed E-state index contributed by atoms with van der Waals surface area (Å²) in [4.78, 5) is 18.3. The van der Waals surface area contributed by atoms with E-state index >= 15 is 0 Å². The molecule has 0 saturated heterocycles. The molecule has 1 aromatic rings. The van der Waals surface area contributed by atoms with E-state index in [0.29, 0.717) is 23.2 Å². The fourth-order valence-corrected chi connectivity index (χ4v) is 2.13. The van der Waals surface area contributed by atoms with Crippen molar-refractivity contribution in [3.63, 3.8) is 0 Å². The van der Waals surface area contributed by atoms with Crippen molar-refractivity contribution in [2.24, 2.45) is 5.92 Å². The van der Waals surface area contributed by atoms with Crippen LogP contribution in [0.5, 0.6) is 0 Å². The summed E-state index contributed by atoms with van der Waals surface area (Å²) in [7, 11) is 0. The molecular weight excluding hydrogens is 250 g/mol. The average Bonchev–Trinajstić information content (AvgIpc) is 3.12. The second kappa shape index (κ2) is 5.14. The molecule has 98 valence electrons. The van der Waals surface area contributed by atoms with Crippen LogP contribution >= 0.6 is 11.6 Å². The quantitative estimate of drug-likeness (QED) is 0.853. The maximum Gasteiger partial charge on any atom is 0.257 e. The number of hydrogen-bond acceptors (Lipinski definition) is 3. The lowest BCUT2D eigenvalue weighted by atomic mass is 10.1. The number of halogens is 1. The minimum atomic E-state index is -0.0593. The highest BCUT2D eigenvalue weighted by Gasteiger charge is 2.34. The minimum absolute atomic E-state index is 0.0593. The first-order valence-electron chi connectivity index (χ1n) is 6.21. The highest BCUT2D eigenvalue weighted by Crippen LogP contribution is 2.30. The van der Waals surface area contributed by atoms with Crippen LogP contribution in [0.4, 0.5) is 5.69 Å². The maximum atomic E-state index is 12.5. The Labute approximate surface area is 112 Å². The van der Waals surface area contributed by atoms with Crippen molar-refractivity contribution in [2.75, 3.05) is 12.3 Å². The van der Waals surface area contributed by atoms with E-state index in [9.17, 15) is 4.79 Å². The molecule has 0 atom stereocenters. The molecule has 5 heteroatoms. The fourth-order valence-electron chi connectivity index (χ4n) is 1.95. The van der Waals surface area contributed by atoms with E-state index < -0.39 is 0 Å². The Morgan fingerprint density at radius 3 is 2.83 bits per heavy atom. The van der Waals surface area contributed by atoms with Gasteiger partial charge >= 0.3 is 0 Å². The lowest BCUT2D eigenvalue weighted by Crippen LogP contribution is -2.36. The second-order valence-electron chi connectivity index (χ2n) is 5.19. The Hall–Kier alpha value is -1.29. The topological polar surface area (TPSA) is 59.2 Å². The number of nitrogens with zero attached hydrogens (tertiary/aromatic N) is 2. The van der Waals surface area contributed by atoms with Gasteiger partial charge in [-0.05, 0) is 24.8 Å². The molecule has 2 N–H and O–H groups in total. The number of aromatic nitrogens is 1. The summed E-state index contributed by atoms with van der Waals surface area (Å²) >= 11 is 5.98. The van der Waals surface area contributed by atoms with Crippen LogP contribution in [0, 0.1) is 5.92 Å². The van der Waals surface area contributed by atoms with Crippen LogP contribution < -0.4 is 5.73 Å². The van der Waals surface area contributed by atoms with Crippen LogP contribution in [-0.2, 0) is 0 Å². The van der Waals surface area contributed by atoms with Crippen molar-refractivity contribution in [2.45, 2.75) is 32.7 Å². The largest absolute Gasteiger partial charge is 0.397 e. The van der Waals surface area contributed by atoms with Crippen LogP contribution in [0.25, 0.3) is 0 Å². The molecule has 1 aromatic heterocycles. The molecule has 4 nitrogen and oxygen atoms in total. The van der Waals surface area contributed by atoms with Gasteiger partial charge in [-0.1, -0.05) is 25.4 Å². The van der Waals surface area contributed by atoms with Crippen LogP contribution in [0.1, 0.15) is 37.0 Å². The third kappa shape index (κ3) is 2.93. The van der Waals surface area contributed by atoms with Crippen LogP contribution in [0.2, 0.25) is 5.15 Å². The van der Waals surface area contributed by atoms with Crippen molar-refractivity contribution in [1.29, 1.82) is 0 Å². The van der Waals surface area contributed by atoms with Crippen molar-refractivity contribution in [1.82, 2.24) is 9.88 Å². The van der Waals surface area contributed by atoms with E-state index in [1.807, 2.05) is 4.90 Å². The van der Waals surface area contributed by atoms with E-state index in [1.54, 1.807) is 6.07 Å². The summed E-state index contributed by atoms with van der Waals surface area (Å²) in [6.07, 6.45) is 3.61. The number of pyridine rings is 1. The van der Waals surface area contributed by atoms with Gasteiger partial charge in [0.25, 0.3) is 5.91 Å². The minimum Gasteiger partial charge on any atom is -0.397 e. The lowest BCUT2D eigenvalue weighted by molar-refractivity contribution is 0.0722. The van der Waals surface area contributed by atoms with Gasteiger partial charge in [0, 0.05) is 12.6 Å². The summed E-state index contributed by atoms with van der Waals surface area (Å²) in [6, 6.07) is 1.96. The van der Waals surface area contributed by atoms with Crippen molar-refractivity contribution in [3.05, 3.63) is 23.0 Å². The van der Waals surface area contributed by atoms with Gasteiger partial charge in [0.05, 0.1) is 17.4 Å². The molecule has 2 rings (SSSR count). The maximum absolute atomic E-state index is 12.5. The van der Waals surface area contributed by atoms with Crippen LogP contribution in [0.3, 0.4) is 0 Å². The van der Waals surface area contributed by atoms with Crippen molar-refractivity contribution < 1.29 is 4.79 Å². The van der Waals surface area contributed by atoms with Gasteiger partial charge in [0.2, 0.25) is 0 Å². The van der Waals surface area contributed by atoms with Gasteiger partial charge in [0.15, 0.2) is 0 Å². The predicted molar refractivity (Wildman–Crippen MR) is 72.6 cm³/mol. The third-order valence-electron chi connectivity index (χ3n) is 2.90. The molecular formula is C13H18ClN3O. The molecule has 1 aliphatic carbocycles. The first-order chi connectivity index (χ1) is 8.49. The van der Waals surface area contributed by atoms with Crippen LogP contribution in [0.15, 0.2) is 12.3 Å². The Balaban J connectivity index is 2.24. The SMILES string of the molecule is CC(C)CN(C(=O)c1cc(N)cnc1Cl)C1CC1. The van der Waals surface area contributed by atoms with E-state index in [0.717, 1.165) is 19.4 Å². The van der Waals surface area contributed by atoms with E-state index in [-0.39, 0.29) is 11.1 Å². The Bertz CT molecular complexity index is 458. The Kier molecular flexibility index (Phi) is 3.76. The van der Waals surface area contributed by atoms with E-state index in [1.165, 1.54) is 6.20 Å². The molecule has 1 aliphatic rings. The number of anilines is 1. The Morgan fingerprint density at radius 2 is 2.28 bits per heavy atom. The molecule has 1 heterocycles. The zero-order chi connectivity index (χ0) is 13.3. The molecule has 1 saturated carbocycles. The summed E-state index contributed by atoms with van der Waals surface area (Å²) < 4.78 is 0. The van der Waals surface area contributed by atoms with Gasteiger partial charge in [0.1, 0.15) is 5.15 Å². The predicted octanol–water partition coefficient (Wildman–Crippen LogP) is 2.58. The van der Waals surface area contributed by atoms with Gasteiger partial charge in [-0.25, -0.2) is 4.98 Å². The number of carbonyl (C=O) groups excluding carboxylic acids is 1. The fraction of sp³-hybridized carbons (Fsp3) is 0.538. The molecule has 0 radical (unpaired) electrons. The van der Waals surface area contributed by atoms with Crippen molar-refractivity contribution >= 4 is 23.2 Å². The lowest BCUT2D eigenvalue weighted by Gasteiger charge is -2.24. The molecule has 1 fully saturated rings. The van der Waals surface area contributed by atoms with E-state index in [2.05, 4.69) is 18.8 Å². The number of nitrogens with two attached hydrogens (primary N) is 1. The molecule has 0 unspecified atom stereocenters. The van der Waals surface area contributed by atoms with Crippen LogP contribution in [-0.4, -0.2) is 28.4 Å². The molecule has 0 spiro atoms. The molecule has 0 aromatic carbocycles. The van der Waals surface area contributed by atoms with Crippen molar-refractivity contribution in [3.8, 4) is 0 Å². The standard InChI is InChI=1S/C13H18ClN3O/c1-8(2)7-17(10-3-4-10)13(18)11-5-9(15)6-16-12(11)14/h5-6,8,10H,3-4,7,15H2,1-2H3. The molecule has 0 aliphatic heterocycles. The second-order valence-corrected chi connectivity index (χ2v) is 5.55. The third-order valence-corrected chi connectivity index (χ3v) is 3.20. The van der Waals surface area contributed by atoms with E-state index in [4.69, 9.17) is 17.3 Å². The number of rotatable bonds is 4. The number of amides is 1. The van der Waals surface area contributed by atoms with Gasteiger partial charge in [-0.3, -0.25) is 4.79 Å². The van der Waals surface area contributed by atoms with Gasteiger partial charge in [-0.15, -0.1) is 0 Å². The monoisotopic (exact) mass is 267 g/mol. The zero-order valence-corrected chi connectivity index (χ0v) is 11.4. The highest BCUT2D eigenvalue weighted by molar-refractivity contribution is 6.32. The summed E-state index contributed by atoms with van der Waals surface area (Å²) in [5.41, 5.74) is 6.53. The number of hydrogen-bond donors (Lipinski definition) is 1. The first kappa shape index (κ1) is 13.1. The smallest absolute Gasteiger partial charge is 0.257 e. The van der Waals surface area contributed by atoms with Gasteiger partial charge < -0.3 is 10.6 Å². The van der Waals surface area contributed by atoms with Gasteiger partial charge in [-0.2, -0.15) is 0 Å². The summed E-state index contributed by atoms with van der Waals surface area (Å²) in [6.45, 7) is 4.94. The normalized spacial score (nSPS) is 14.9. The first-order valence-corrected chi connectivity index (χ1v) is 6.59. The molecule has 1 amide bonds.